The summed E-state index contributed by atoms with van der Waals surface area (Å²) in [6.45, 7) is 0. The zero-order chi connectivity index (χ0) is 16.2. The molecule has 0 aliphatic rings. The van der Waals surface area contributed by atoms with E-state index in [2.05, 4.69) is 26.2 Å². The lowest BCUT2D eigenvalue weighted by atomic mass is 10.1. The lowest BCUT2D eigenvalue weighted by Crippen LogP contribution is -2.11. The molecule has 0 bridgehead atoms. The number of nitrogens with zero attached hydrogens (tertiary/aromatic N) is 1. The second-order valence-corrected chi connectivity index (χ2v) is 7.66. The Morgan fingerprint density at radius 1 is 1.13 bits per heavy atom. The number of aromatic nitrogens is 1. The van der Waals surface area contributed by atoms with E-state index in [0.717, 1.165) is 25.1 Å². The zero-order valence-corrected chi connectivity index (χ0v) is 15.5. The van der Waals surface area contributed by atoms with Gasteiger partial charge in [-0.2, -0.15) is 0 Å². The Kier molecular flexibility index (Phi) is 5.15. The average molecular weight is 405 g/mol. The van der Waals surface area contributed by atoms with E-state index in [0.29, 0.717) is 5.56 Å². The number of nitrogens with one attached hydrogen (secondary N) is 1. The Balaban J connectivity index is 1.92. The van der Waals surface area contributed by atoms with Crippen LogP contribution in [-0.2, 0) is 0 Å². The number of hydrogen-bond acceptors (Lipinski definition) is 4. The van der Waals surface area contributed by atoms with Gasteiger partial charge in [-0.3, -0.25) is 4.79 Å². The van der Waals surface area contributed by atoms with Gasteiger partial charge in [0.25, 0.3) is 5.91 Å². The van der Waals surface area contributed by atoms with Crippen LogP contribution >= 0.6 is 39.0 Å². The normalized spacial score (nSPS) is 10.5. The van der Waals surface area contributed by atoms with Crippen molar-refractivity contribution in [2.24, 2.45) is 0 Å². The second-order valence-electron chi connectivity index (χ2n) is 4.69. The van der Waals surface area contributed by atoms with Crippen LogP contribution in [0.1, 0.15) is 10.4 Å². The van der Waals surface area contributed by atoms with Crippen molar-refractivity contribution in [1.82, 2.24) is 4.98 Å². The summed E-state index contributed by atoms with van der Waals surface area (Å²) in [5, 5.41) is 3.76. The van der Waals surface area contributed by atoms with Gasteiger partial charge in [0.2, 0.25) is 0 Å². The van der Waals surface area contributed by atoms with Crippen molar-refractivity contribution in [2.45, 2.75) is 4.34 Å². The van der Waals surface area contributed by atoms with Crippen molar-refractivity contribution in [3.05, 3.63) is 64.6 Å². The van der Waals surface area contributed by atoms with Gasteiger partial charge in [-0.15, -0.1) is 0 Å². The summed E-state index contributed by atoms with van der Waals surface area (Å²) >= 11 is 6.44. The Morgan fingerprint density at radius 2 is 1.83 bits per heavy atom. The predicted molar refractivity (Wildman–Crippen MR) is 101 cm³/mol. The van der Waals surface area contributed by atoms with Gasteiger partial charge in [0, 0.05) is 15.6 Å². The van der Waals surface area contributed by atoms with E-state index in [-0.39, 0.29) is 5.91 Å². The number of thioether (sulfide) groups is 1. The largest absolute Gasteiger partial charge is 0.312 e. The van der Waals surface area contributed by atoms with E-state index >= 15 is 0 Å². The molecule has 6 heteroatoms. The topological polar surface area (TPSA) is 42.0 Å². The number of anilines is 1. The predicted octanol–water partition coefficient (Wildman–Crippen LogP) is 5.55. The number of halogens is 1. The van der Waals surface area contributed by atoms with Crippen LogP contribution in [0.5, 0.6) is 0 Å². The van der Waals surface area contributed by atoms with Crippen LogP contribution in [0.4, 0.5) is 5.00 Å². The third-order valence-corrected chi connectivity index (χ3v) is 5.65. The number of carbonyl (C=O) groups is 1. The van der Waals surface area contributed by atoms with Crippen molar-refractivity contribution in [3.63, 3.8) is 0 Å². The molecule has 23 heavy (non-hydrogen) atoms. The lowest BCUT2D eigenvalue weighted by molar-refractivity contribution is 0.102. The molecule has 1 aromatic heterocycles. The van der Waals surface area contributed by atoms with E-state index in [1.54, 1.807) is 23.9 Å². The Bertz CT molecular complexity index is 816. The summed E-state index contributed by atoms with van der Waals surface area (Å²) in [5.74, 6) is -0.133. The van der Waals surface area contributed by atoms with Crippen LogP contribution in [-0.4, -0.2) is 17.1 Å². The van der Waals surface area contributed by atoms with Gasteiger partial charge in [-0.1, -0.05) is 69.4 Å². The molecule has 1 amide bonds. The highest BCUT2D eigenvalue weighted by molar-refractivity contribution is 9.10. The first kappa shape index (κ1) is 16.2. The Labute approximate surface area is 151 Å². The molecule has 1 heterocycles. The van der Waals surface area contributed by atoms with Crippen LogP contribution in [0.15, 0.2) is 63.4 Å². The number of thiazole rings is 1. The third kappa shape index (κ3) is 3.83. The molecule has 0 saturated heterocycles. The minimum atomic E-state index is -0.133. The first-order valence-corrected chi connectivity index (χ1v) is 9.68. The molecule has 3 nitrogen and oxygen atoms in total. The van der Waals surface area contributed by atoms with Gasteiger partial charge in [-0.25, -0.2) is 4.98 Å². The first-order chi connectivity index (χ1) is 11.2. The van der Waals surface area contributed by atoms with Crippen LogP contribution in [0.25, 0.3) is 11.3 Å². The molecule has 0 radical (unpaired) electrons. The SMILES string of the molecule is CSc1nc(-c2ccccc2)c(NC(=O)c2ccc(Br)cc2)s1. The fourth-order valence-corrected chi connectivity index (χ4v) is 3.79. The Hall–Kier alpha value is -1.63. The molecule has 2 aromatic carbocycles. The molecule has 3 aromatic rings. The van der Waals surface area contributed by atoms with Crippen molar-refractivity contribution >= 4 is 49.9 Å². The van der Waals surface area contributed by atoms with Gasteiger partial charge in [0.05, 0.1) is 0 Å². The van der Waals surface area contributed by atoms with Gasteiger partial charge >= 0.3 is 0 Å². The van der Waals surface area contributed by atoms with Crippen molar-refractivity contribution in [1.29, 1.82) is 0 Å². The Morgan fingerprint density at radius 3 is 2.48 bits per heavy atom. The fourth-order valence-electron chi connectivity index (χ4n) is 2.04. The summed E-state index contributed by atoms with van der Waals surface area (Å²) in [6, 6.07) is 17.2. The second kappa shape index (κ2) is 7.29. The summed E-state index contributed by atoms with van der Waals surface area (Å²) in [7, 11) is 0. The molecular weight excluding hydrogens is 392 g/mol. The van der Waals surface area contributed by atoms with E-state index in [9.17, 15) is 4.79 Å². The van der Waals surface area contributed by atoms with E-state index in [1.807, 2.05) is 48.7 Å². The van der Waals surface area contributed by atoms with Crippen molar-refractivity contribution in [3.8, 4) is 11.3 Å². The van der Waals surface area contributed by atoms with Gasteiger partial charge in [0.1, 0.15) is 10.7 Å². The van der Waals surface area contributed by atoms with Crippen LogP contribution in [0, 0.1) is 0 Å². The summed E-state index contributed by atoms with van der Waals surface area (Å²) in [5.41, 5.74) is 2.42. The first-order valence-electron chi connectivity index (χ1n) is 6.84. The lowest BCUT2D eigenvalue weighted by Gasteiger charge is -2.05. The number of carbonyl (C=O) groups excluding carboxylic acids is 1. The minimum Gasteiger partial charge on any atom is -0.312 e. The van der Waals surface area contributed by atoms with Gasteiger partial charge < -0.3 is 5.32 Å². The standard InChI is InChI=1S/C17H13BrN2OS2/c1-22-17-19-14(11-5-3-2-4-6-11)16(23-17)20-15(21)12-7-9-13(18)10-8-12/h2-10H,1H3,(H,20,21). The summed E-state index contributed by atoms with van der Waals surface area (Å²) in [4.78, 5) is 17.1. The molecule has 0 saturated carbocycles. The van der Waals surface area contributed by atoms with Crippen LogP contribution in [0.2, 0.25) is 0 Å². The summed E-state index contributed by atoms with van der Waals surface area (Å²) < 4.78 is 1.87. The minimum absolute atomic E-state index is 0.133. The zero-order valence-electron chi connectivity index (χ0n) is 12.2. The number of benzene rings is 2. The van der Waals surface area contributed by atoms with Crippen LogP contribution < -0.4 is 5.32 Å². The maximum absolute atomic E-state index is 12.5. The smallest absolute Gasteiger partial charge is 0.256 e. The fraction of sp³-hybridized carbons (Fsp3) is 0.0588. The monoisotopic (exact) mass is 404 g/mol. The molecular formula is C17H13BrN2OS2. The van der Waals surface area contributed by atoms with E-state index < -0.39 is 0 Å². The molecule has 0 spiro atoms. The average Bonchev–Trinajstić information content (AvgIpc) is 2.99. The van der Waals surface area contributed by atoms with Gasteiger partial charge in [-0.05, 0) is 30.5 Å². The molecule has 0 aliphatic carbocycles. The number of hydrogen-bond donors (Lipinski definition) is 1. The number of rotatable bonds is 4. The highest BCUT2D eigenvalue weighted by atomic mass is 79.9. The maximum Gasteiger partial charge on any atom is 0.256 e. The number of amides is 1. The molecule has 0 atom stereocenters. The maximum atomic E-state index is 12.5. The highest BCUT2D eigenvalue weighted by Gasteiger charge is 2.16. The highest BCUT2D eigenvalue weighted by Crippen LogP contribution is 2.37. The van der Waals surface area contributed by atoms with Crippen molar-refractivity contribution < 1.29 is 4.79 Å². The molecule has 0 aliphatic heterocycles. The molecule has 0 fully saturated rings. The molecule has 3 rings (SSSR count). The molecule has 0 unspecified atom stereocenters. The third-order valence-electron chi connectivity index (χ3n) is 3.16. The molecule has 1 N–H and O–H groups in total. The van der Waals surface area contributed by atoms with Crippen LogP contribution in [0.3, 0.4) is 0 Å². The van der Waals surface area contributed by atoms with Crippen molar-refractivity contribution in [2.75, 3.05) is 11.6 Å². The molecule has 116 valence electrons. The quantitative estimate of drug-likeness (QED) is 0.579. The van der Waals surface area contributed by atoms with Gasteiger partial charge in [0.15, 0.2) is 4.34 Å². The van der Waals surface area contributed by atoms with E-state index in [4.69, 9.17) is 0 Å². The summed E-state index contributed by atoms with van der Waals surface area (Å²) in [6.07, 6.45) is 1.98. The van der Waals surface area contributed by atoms with E-state index in [1.165, 1.54) is 11.3 Å².